The molecule has 0 spiro atoms. The first-order valence-electron chi connectivity index (χ1n) is 9.46. The first-order chi connectivity index (χ1) is 13.4. The Hall–Kier alpha value is -2.21. The summed E-state index contributed by atoms with van der Waals surface area (Å²) in [5, 5.41) is 2.90. The molecule has 0 saturated carbocycles. The van der Waals surface area contributed by atoms with Gasteiger partial charge in [-0.3, -0.25) is 9.59 Å². The van der Waals surface area contributed by atoms with Crippen molar-refractivity contribution in [2.24, 2.45) is 0 Å². The third kappa shape index (κ3) is 6.75. The van der Waals surface area contributed by atoms with Gasteiger partial charge in [-0.15, -0.1) is 0 Å². The molecule has 0 saturated heterocycles. The van der Waals surface area contributed by atoms with E-state index in [9.17, 15) is 14.0 Å². The highest BCUT2D eigenvalue weighted by atomic mass is 79.9. The van der Waals surface area contributed by atoms with Gasteiger partial charge in [0.2, 0.25) is 11.8 Å². The van der Waals surface area contributed by atoms with E-state index < -0.39 is 6.04 Å². The van der Waals surface area contributed by atoms with Crippen molar-refractivity contribution in [3.05, 3.63) is 69.9 Å². The summed E-state index contributed by atoms with van der Waals surface area (Å²) >= 11 is 3.44. The van der Waals surface area contributed by atoms with Gasteiger partial charge in [0.15, 0.2) is 0 Å². The number of amides is 2. The SMILES string of the molecule is CCCCNC(=O)[C@H](C)N(Cc1cccc(Br)c1)C(=O)Cc1ccc(F)cc1. The fourth-order valence-corrected chi connectivity index (χ4v) is 3.28. The van der Waals surface area contributed by atoms with Gasteiger partial charge < -0.3 is 10.2 Å². The monoisotopic (exact) mass is 448 g/mol. The first-order valence-corrected chi connectivity index (χ1v) is 10.3. The topological polar surface area (TPSA) is 49.4 Å². The molecule has 2 rings (SSSR count). The number of hydrogen-bond acceptors (Lipinski definition) is 2. The summed E-state index contributed by atoms with van der Waals surface area (Å²) in [6.45, 7) is 4.71. The lowest BCUT2D eigenvalue weighted by Crippen LogP contribution is -2.48. The molecule has 150 valence electrons. The molecular formula is C22H26BrFN2O2. The Morgan fingerprint density at radius 2 is 1.86 bits per heavy atom. The van der Waals surface area contributed by atoms with E-state index >= 15 is 0 Å². The zero-order valence-corrected chi connectivity index (χ0v) is 17.8. The van der Waals surface area contributed by atoms with E-state index in [2.05, 4.69) is 28.2 Å². The van der Waals surface area contributed by atoms with Crippen LogP contribution in [0, 0.1) is 5.82 Å². The predicted octanol–water partition coefficient (Wildman–Crippen LogP) is 4.46. The maximum atomic E-state index is 13.1. The van der Waals surface area contributed by atoms with Gasteiger partial charge in [0, 0.05) is 17.6 Å². The van der Waals surface area contributed by atoms with E-state index in [0.29, 0.717) is 18.7 Å². The summed E-state index contributed by atoms with van der Waals surface area (Å²) in [6.07, 6.45) is 1.99. The lowest BCUT2D eigenvalue weighted by atomic mass is 10.1. The Labute approximate surface area is 174 Å². The molecule has 1 atom stereocenters. The number of nitrogens with one attached hydrogen (secondary N) is 1. The molecule has 0 heterocycles. The third-order valence-corrected chi connectivity index (χ3v) is 5.00. The Morgan fingerprint density at radius 1 is 1.14 bits per heavy atom. The molecular weight excluding hydrogens is 423 g/mol. The number of nitrogens with zero attached hydrogens (tertiary/aromatic N) is 1. The molecule has 0 fully saturated rings. The van der Waals surface area contributed by atoms with Gasteiger partial charge in [-0.25, -0.2) is 4.39 Å². The van der Waals surface area contributed by atoms with Gasteiger partial charge >= 0.3 is 0 Å². The highest BCUT2D eigenvalue weighted by Crippen LogP contribution is 2.16. The molecule has 6 heteroatoms. The lowest BCUT2D eigenvalue weighted by Gasteiger charge is -2.29. The number of unbranched alkanes of at least 4 members (excludes halogenated alkanes) is 1. The van der Waals surface area contributed by atoms with E-state index in [1.54, 1.807) is 24.0 Å². The van der Waals surface area contributed by atoms with Crippen LogP contribution in [0.3, 0.4) is 0 Å². The zero-order chi connectivity index (χ0) is 20.5. The molecule has 2 amide bonds. The van der Waals surface area contributed by atoms with Crippen LogP contribution in [0.25, 0.3) is 0 Å². The molecule has 0 aliphatic carbocycles. The number of rotatable bonds is 9. The van der Waals surface area contributed by atoms with Crippen LogP contribution in [0.5, 0.6) is 0 Å². The van der Waals surface area contributed by atoms with Gasteiger partial charge in [0.25, 0.3) is 0 Å². The summed E-state index contributed by atoms with van der Waals surface area (Å²) in [5.41, 5.74) is 1.64. The van der Waals surface area contributed by atoms with Gasteiger partial charge in [0.05, 0.1) is 6.42 Å². The number of hydrogen-bond donors (Lipinski definition) is 1. The van der Waals surface area contributed by atoms with Crippen LogP contribution in [-0.4, -0.2) is 29.3 Å². The average Bonchev–Trinajstić information content (AvgIpc) is 2.67. The highest BCUT2D eigenvalue weighted by Gasteiger charge is 2.26. The van der Waals surface area contributed by atoms with Crippen LogP contribution < -0.4 is 5.32 Å². The van der Waals surface area contributed by atoms with E-state index in [0.717, 1.165) is 22.9 Å². The van der Waals surface area contributed by atoms with Gasteiger partial charge in [-0.05, 0) is 48.7 Å². The minimum Gasteiger partial charge on any atom is -0.354 e. The molecule has 28 heavy (non-hydrogen) atoms. The largest absolute Gasteiger partial charge is 0.354 e. The van der Waals surface area contributed by atoms with Crippen molar-refractivity contribution >= 4 is 27.7 Å². The quantitative estimate of drug-likeness (QED) is 0.575. The van der Waals surface area contributed by atoms with Crippen molar-refractivity contribution in [3.63, 3.8) is 0 Å². The van der Waals surface area contributed by atoms with Crippen LogP contribution in [0.15, 0.2) is 53.0 Å². The Balaban J connectivity index is 2.17. The third-order valence-electron chi connectivity index (χ3n) is 4.51. The summed E-state index contributed by atoms with van der Waals surface area (Å²) < 4.78 is 14.0. The van der Waals surface area contributed by atoms with Crippen molar-refractivity contribution in [3.8, 4) is 0 Å². The minimum atomic E-state index is -0.608. The highest BCUT2D eigenvalue weighted by molar-refractivity contribution is 9.10. The Kier molecular flexibility index (Phi) is 8.64. The van der Waals surface area contributed by atoms with Crippen molar-refractivity contribution < 1.29 is 14.0 Å². The maximum Gasteiger partial charge on any atom is 0.242 e. The number of carbonyl (C=O) groups excluding carboxylic acids is 2. The molecule has 0 aliphatic rings. The van der Waals surface area contributed by atoms with Gasteiger partial charge in [0.1, 0.15) is 11.9 Å². The van der Waals surface area contributed by atoms with E-state index in [1.165, 1.54) is 12.1 Å². The molecule has 0 unspecified atom stereocenters. The second-order valence-electron chi connectivity index (χ2n) is 6.78. The maximum absolute atomic E-state index is 13.1. The van der Waals surface area contributed by atoms with Crippen molar-refractivity contribution in [1.29, 1.82) is 0 Å². The Bertz CT molecular complexity index is 795. The second-order valence-corrected chi connectivity index (χ2v) is 7.69. The molecule has 2 aromatic carbocycles. The lowest BCUT2D eigenvalue weighted by molar-refractivity contribution is -0.140. The average molecular weight is 449 g/mol. The normalized spacial score (nSPS) is 11.7. The minimum absolute atomic E-state index is 0.112. The zero-order valence-electron chi connectivity index (χ0n) is 16.3. The van der Waals surface area contributed by atoms with Crippen LogP contribution in [-0.2, 0) is 22.6 Å². The van der Waals surface area contributed by atoms with Crippen molar-refractivity contribution in [2.45, 2.75) is 45.7 Å². The first kappa shape index (κ1) is 22.1. The molecule has 0 bridgehead atoms. The van der Waals surface area contributed by atoms with Crippen molar-refractivity contribution in [2.75, 3.05) is 6.54 Å². The molecule has 0 aliphatic heterocycles. The van der Waals surface area contributed by atoms with Gasteiger partial charge in [-0.2, -0.15) is 0 Å². The fourth-order valence-electron chi connectivity index (χ4n) is 2.83. The van der Waals surface area contributed by atoms with Crippen molar-refractivity contribution in [1.82, 2.24) is 10.2 Å². The Morgan fingerprint density at radius 3 is 2.50 bits per heavy atom. The van der Waals surface area contributed by atoms with Crippen LogP contribution in [0.4, 0.5) is 4.39 Å². The molecule has 2 aromatic rings. The number of benzene rings is 2. The second kappa shape index (κ2) is 11.0. The molecule has 1 N–H and O–H groups in total. The summed E-state index contributed by atoms with van der Waals surface area (Å²) in [5.74, 6) is -0.688. The standard InChI is InChI=1S/C22H26BrFN2O2/c1-3-4-12-25-22(28)16(2)26(15-18-6-5-7-19(23)13-18)21(27)14-17-8-10-20(24)11-9-17/h5-11,13,16H,3-4,12,14-15H2,1-2H3,(H,25,28)/t16-/m0/s1. The number of halogens is 2. The molecule has 0 radical (unpaired) electrons. The summed E-state index contributed by atoms with van der Waals surface area (Å²) in [4.78, 5) is 27.1. The molecule has 0 aromatic heterocycles. The van der Waals surface area contributed by atoms with Crippen LogP contribution in [0.1, 0.15) is 37.8 Å². The smallest absolute Gasteiger partial charge is 0.242 e. The predicted molar refractivity (Wildman–Crippen MR) is 112 cm³/mol. The van der Waals surface area contributed by atoms with E-state index in [-0.39, 0.29) is 24.1 Å². The summed E-state index contributed by atoms with van der Waals surface area (Å²) in [7, 11) is 0. The summed E-state index contributed by atoms with van der Waals surface area (Å²) in [6, 6.07) is 12.9. The van der Waals surface area contributed by atoms with E-state index in [4.69, 9.17) is 0 Å². The molecule has 4 nitrogen and oxygen atoms in total. The fraction of sp³-hybridized carbons (Fsp3) is 0.364. The number of carbonyl (C=O) groups is 2. The van der Waals surface area contributed by atoms with E-state index in [1.807, 2.05) is 24.3 Å². The van der Waals surface area contributed by atoms with Gasteiger partial charge in [-0.1, -0.05) is 53.5 Å². The van der Waals surface area contributed by atoms with Crippen LogP contribution >= 0.6 is 15.9 Å². The van der Waals surface area contributed by atoms with Crippen LogP contribution in [0.2, 0.25) is 0 Å².